The summed E-state index contributed by atoms with van der Waals surface area (Å²) in [6.07, 6.45) is -4.89. The number of halogens is 4. The van der Waals surface area contributed by atoms with Gasteiger partial charge in [-0.3, -0.25) is 14.2 Å². The molecule has 0 aliphatic heterocycles. The number of alkyl halides is 3. The van der Waals surface area contributed by atoms with Gasteiger partial charge in [-0.25, -0.2) is 4.39 Å². The Hall–Kier alpha value is -2.42. The molecule has 0 saturated heterocycles. The molecule has 0 unspecified atom stereocenters. The third-order valence-electron chi connectivity index (χ3n) is 3.73. The molecule has 1 amide bonds. The molecule has 2 aromatic rings. The molecule has 5 nitrogen and oxygen atoms in total. The van der Waals surface area contributed by atoms with Gasteiger partial charge in [0.05, 0.1) is 24.3 Å². The highest BCUT2D eigenvalue weighted by Gasteiger charge is 2.35. The smallest absolute Gasteiger partial charge is 0.383 e. The van der Waals surface area contributed by atoms with Crippen LogP contribution in [0.4, 0.5) is 17.6 Å². The van der Waals surface area contributed by atoms with Crippen LogP contribution in [0.1, 0.15) is 21.6 Å². The van der Waals surface area contributed by atoms with Crippen LogP contribution in [0.2, 0.25) is 0 Å². The zero-order valence-electron chi connectivity index (χ0n) is 13.9. The fourth-order valence-corrected chi connectivity index (χ4v) is 2.31. The Balaban J connectivity index is 2.50. The van der Waals surface area contributed by atoms with Crippen molar-refractivity contribution in [2.75, 3.05) is 13.7 Å². The molecule has 0 spiro atoms. The van der Waals surface area contributed by atoms with Gasteiger partial charge in [0.15, 0.2) is 5.49 Å². The number of aryl methyl sites for hydroxylation is 1. The van der Waals surface area contributed by atoms with Crippen molar-refractivity contribution in [3.05, 3.63) is 52.4 Å². The maximum absolute atomic E-state index is 14.1. The predicted octanol–water partition coefficient (Wildman–Crippen LogP) is 2.68. The van der Waals surface area contributed by atoms with E-state index in [4.69, 9.17) is 4.74 Å². The fourth-order valence-electron chi connectivity index (χ4n) is 2.31. The Morgan fingerprint density at radius 3 is 2.60 bits per heavy atom. The lowest BCUT2D eigenvalue weighted by Crippen LogP contribution is -2.26. The number of aromatic nitrogens is 2. The number of carbonyl (C=O) groups excluding carboxylic acids is 1. The first-order chi connectivity index (χ1) is 11.7. The molecule has 1 heterocycles. The molecule has 0 fully saturated rings. The highest BCUT2D eigenvalue weighted by Crippen LogP contribution is 2.32. The molecule has 25 heavy (non-hydrogen) atoms. The average Bonchev–Trinajstić information content (AvgIpc) is 2.78. The van der Waals surface area contributed by atoms with E-state index in [0.717, 1.165) is 17.8 Å². The van der Waals surface area contributed by atoms with E-state index in [2.05, 4.69) is 4.99 Å². The molecule has 1 aromatic heterocycles. The van der Waals surface area contributed by atoms with Gasteiger partial charge in [-0.1, -0.05) is 6.07 Å². The summed E-state index contributed by atoms with van der Waals surface area (Å²) in [6.45, 7) is 2.49. The van der Waals surface area contributed by atoms with Gasteiger partial charge in [-0.05, 0) is 19.1 Å². The van der Waals surface area contributed by atoms with Crippen LogP contribution >= 0.6 is 0 Å². The Kier molecular flexibility index (Phi) is 5.46. The number of hydrogen-bond acceptors (Lipinski definition) is 2. The molecule has 1 aromatic carbocycles. The monoisotopic (exact) mass is 359 g/mol. The number of methoxy groups -OCH3 is 1. The van der Waals surface area contributed by atoms with Crippen LogP contribution in [0.25, 0.3) is 0 Å². The summed E-state index contributed by atoms with van der Waals surface area (Å²) in [7, 11) is 3.25. The van der Waals surface area contributed by atoms with Crippen molar-refractivity contribution < 1.29 is 27.1 Å². The van der Waals surface area contributed by atoms with E-state index in [-0.39, 0.29) is 5.49 Å². The van der Waals surface area contributed by atoms with Crippen molar-refractivity contribution >= 4 is 5.91 Å². The van der Waals surface area contributed by atoms with Gasteiger partial charge in [0, 0.05) is 25.9 Å². The van der Waals surface area contributed by atoms with Crippen LogP contribution in [0.3, 0.4) is 0 Å². The van der Waals surface area contributed by atoms with Crippen LogP contribution in [0.5, 0.6) is 0 Å². The zero-order chi connectivity index (χ0) is 18.8. The second kappa shape index (κ2) is 7.22. The lowest BCUT2D eigenvalue weighted by atomic mass is 10.1. The Morgan fingerprint density at radius 1 is 1.32 bits per heavy atom. The second-order valence-electron chi connectivity index (χ2n) is 5.37. The van der Waals surface area contributed by atoms with Crippen molar-refractivity contribution in [3.8, 4) is 0 Å². The normalized spacial score (nSPS) is 12.7. The van der Waals surface area contributed by atoms with Gasteiger partial charge in [0.25, 0.3) is 5.91 Å². The molecular formula is C16H17F4N3O2. The lowest BCUT2D eigenvalue weighted by molar-refractivity contribution is -0.140. The Morgan fingerprint density at radius 2 is 2.00 bits per heavy atom. The highest BCUT2D eigenvalue weighted by molar-refractivity contribution is 5.95. The molecule has 0 N–H and O–H groups in total. The first-order valence-electron chi connectivity index (χ1n) is 7.34. The van der Waals surface area contributed by atoms with E-state index in [1.807, 2.05) is 0 Å². The Labute approximate surface area is 141 Å². The first kappa shape index (κ1) is 18.9. The van der Waals surface area contributed by atoms with Crippen LogP contribution in [0, 0.1) is 12.7 Å². The van der Waals surface area contributed by atoms with Crippen molar-refractivity contribution in [1.82, 2.24) is 9.36 Å². The van der Waals surface area contributed by atoms with Gasteiger partial charge in [0.1, 0.15) is 5.82 Å². The van der Waals surface area contributed by atoms with Gasteiger partial charge in [-0.15, -0.1) is 0 Å². The van der Waals surface area contributed by atoms with Gasteiger partial charge < -0.3 is 4.74 Å². The minimum absolute atomic E-state index is 0.207. The van der Waals surface area contributed by atoms with Gasteiger partial charge in [-0.2, -0.15) is 18.2 Å². The van der Waals surface area contributed by atoms with E-state index in [0.29, 0.717) is 19.2 Å². The van der Waals surface area contributed by atoms with E-state index >= 15 is 0 Å². The molecule has 0 bridgehead atoms. The van der Waals surface area contributed by atoms with E-state index < -0.39 is 29.0 Å². The van der Waals surface area contributed by atoms with Crippen molar-refractivity contribution in [2.45, 2.75) is 19.6 Å². The largest absolute Gasteiger partial charge is 0.419 e. The number of amides is 1. The summed E-state index contributed by atoms with van der Waals surface area (Å²) in [4.78, 5) is 16.0. The minimum atomic E-state index is -4.89. The molecule has 136 valence electrons. The standard InChI is InChI=1S/C16H17F4N3O2/c1-10-9-13(23(22(10)2)7-8-25-3)21-15(24)11-5-4-6-12(14(11)17)16(18,19)20/h4-6,9H,7-8H2,1-3H3/b21-13+. The summed E-state index contributed by atoms with van der Waals surface area (Å²) in [5.41, 5.74) is -1.24. The molecule has 0 atom stereocenters. The van der Waals surface area contributed by atoms with Gasteiger partial charge >= 0.3 is 6.18 Å². The second-order valence-corrected chi connectivity index (χ2v) is 5.37. The van der Waals surface area contributed by atoms with Crippen LogP contribution < -0.4 is 5.49 Å². The topological polar surface area (TPSA) is 48.5 Å². The van der Waals surface area contributed by atoms with Crippen LogP contribution in [-0.2, 0) is 24.5 Å². The summed E-state index contributed by atoms with van der Waals surface area (Å²) in [6, 6.07) is 4.12. The SMILES string of the molecule is COCCn1/c(=N/C(=O)c2cccc(C(F)(F)F)c2F)cc(C)n1C. The third-order valence-corrected chi connectivity index (χ3v) is 3.73. The molecule has 0 aliphatic carbocycles. The molecule has 0 aliphatic rings. The number of hydrogen-bond donors (Lipinski definition) is 0. The van der Waals surface area contributed by atoms with E-state index in [1.54, 1.807) is 29.4 Å². The van der Waals surface area contributed by atoms with E-state index in [1.165, 1.54) is 7.11 Å². The fraction of sp³-hybridized carbons (Fsp3) is 0.375. The van der Waals surface area contributed by atoms with Crippen molar-refractivity contribution in [2.24, 2.45) is 12.0 Å². The van der Waals surface area contributed by atoms with Crippen molar-refractivity contribution in [1.29, 1.82) is 0 Å². The van der Waals surface area contributed by atoms with Crippen LogP contribution in [-0.4, -0.2) is 29.0 Å². The number of benzene rings is 1. The third kappa shape index (κ3) is 3.98. The summed E-state index contributed by atoms with van der Waals surface area (Å²) in [5.74, 6) is -2.71. The maximum atomic E-state index is 14.1. The predicted molar refractivity (Wildman–Crippen MR) is 81.3 cm³/mol. The summed E-state index contributed by atoms with van der Waals surface area (Å²) in [5, 5.41) is 0. The number of carbonyl (C=O) groups is 1. The zero-order valence-corrected chi connectivity index (χ0v) is 13.9. The minimum Gasteiger partial charge on any atom is -0.383 e. The quantitative estimate of drug-likeness (QED) is 0.788. The van der Waals surface area contributed by atoms with Crippen LogP contribution in [0.15, 0.2) is 29.3 Å². The molecule has 9 heteroatoms. The Bertz CT molecular complexity index is 850. The molecular weight excluding hydrogens is 342 g/mol. The van der Waals surface area contributed by atoms with Crippen molar-refractivity contribution in [3.63, 3.8) is 0 Å². The van der Waals surface area contributed by atoms with Gasteiger partial charge in [0.2, 0.25) is 0 Å². The lowest BCUT2D eigenvalue weighted by Gasteiger charge is -2.10. The van der Waals surface area contributed by atoms with E-state index in [9.17, 15) is 22.4 Å². The first-order valence-corrected chi connectivity index (χ1v) is 7.34. The highest BCUT2D eigenvalue weighted by atomic mass is 19.4. The number of ether oxygens (including phenoxy) is 1. The average molecular weight is 359 g/mol. The molecule has 0 saturated carbocycles. The number of rotatable bonds is 4. The summed E-state index contributed by atoms with van der Waals surface area (Å²) < 4.78 is 60.7. The molecule has 0 radical (unpaired) electrons. The maximum Gasteiger partial charge on any atom is 0.419 e. The summed E-state index contributed by atoms with van der Waals surface area (Å²) >= 11 is 0. The number of nitrogens with zero attached hydrogens (tertiary/aromatic N) is 3. The molecule has 2 rings (SSSR count).